The summed E-state index contributed by atoms with van der Waals surface area (Å²) in [6, 6.07) is 3.15. The van der Waals surface area contributed by atoms with Crippen molar-refractivity contribution in [2.45, 2.75) is 33.4 Å². The molecule has 21 heavy (non-hydrogen) atoms. The van der Waals surface area contributed by atoms with Gasteiger partial charge in [-0.25, -0.2) is 4.98 Å². The Labute approximate surface area is 129 Å². The molecule has 0 radical (unpaired) electrons. The fourth-order valence-electron chi connectivity index (χ4n) is 1.90. The van der Waals surface area contributed by atoms with Crippen LogP contribution >= 0.6 is 11.6 Å². The minimum atomic E-state index is -0.224. The Bertz CT molecular complexity index is 604. The Morgan fingerprint density at radius 1 is 1.43 bits per heavy atom. The van der Waals surface area contributed by atoms with E-state index in [0.717, 1.165) is 0 Å². The SMILES string of the molecule is CC(C)(C)C(Cn1ccnc1)NC(=O)c1cc(Cl)ccn1. The smallest absolute Gasteiger partial charge is 0.270 e. The Kier molecular flexibility index (Phi) is 4.63. The summed E-state index contributed by atoms with van der Waals surface area (Å²) in [4.78, 5) is 20.4. The lowest BCUT2D eigenvalue weighted by Gasteiger charge is -2.31. The third-order valence-electron chi connectivity index (χ3n) is 3.26. The molecule has 0 saturated heterocycles. The predicted octanol–water partition coefficient (Wildman–Crippen LogP) is 2.78. The van der Waals surface area contributed by atoms with Crippen LogP contribution in [0.15, 0.2) is 37.1 Å². The van der Waals surface area contributed by atoms with E-state index in [9.17, 15) is 4.79 Å². The molecule has 1 amide bonds. The quantitative estimate of drug-likeness (QED) is 0.945. The van der Waals surface area contributed by atoms with Gasteiger partial charge in [0.2, 0.25) is 0 Å². The van der Waals surface area contributed by atoms with Gasteiger partial charge >= 0.3 is 0 Å². The highest BCUT2D eigenvalue weighted by atomic mass is 35.5. The van der Waals surface area contributed by atoms with Gasteiger partial charge in [0.1, 0.15) is 5.69 Å². The van der Waals surface area contributed by atoms with Gasteiger partial charge in [-0.1, -0.05) is 32.4 Å². The number of halogens is 1. The molecule has 0 saturated carbocycles. The van der Waals surface area contributed by atoms with Gasteiger partial charge in [0.25, 0.3) is 5.91 Å². The molecule has 0 bridgehead atoms. The van der Waals surface area contributed by atoms with Gasteiger partial charge in [-0.3, -0.25) is 9.78 Å². The molecule has 0 aromatic carbocycles. The minimum Gasteiger partial charge on any atom is -0.346 e. The van der Waals surface area contributed by atoms with E-state index in [1.807, 2.05) is 10.8 Å². The number of carbonyl (C=O) groups excluding carboxylic acids is 1. The molecule has 0 spiro atoms. The second-order valence-electron chi connectivity index (χ2n) is 6.01. The Balaban J connectivity index is 2.13. The maximum atomic E-state index is 12.3. The van der Waals surface area contributed by atoms with E-state index in [1.165, 1.54) is 6.20 Å². The number of nitrogens with one attached hydrogen (secondary N) is 1. The third kappa shape index (κ3) is 4.29. The number of rotatable bonds is 4. The lowest BCUT2D eigenvalue weighted by molar-refractivity contribution is 0.0887. The van der Waals surface area contributed by atoms with Gasteiger partial charge in [-0.05, 0) is 17.5 Å². The molecule has 6 heteroatoms. The highest BCUT2D eigenvalue weighted by Gasteiger charge is 2.27. The van der Waals surface area contributed by atoms with E-state index in [4.69, 9.17) is 11.6 Å². The number of hydrogen-bond acceptors (Lipinski definition) is 3. The number of amides is 1. The van der Waals surface area contributed by atoms with E-state index in [2.05, 4.69) is 36.1 Å². The predicted molar refractivity (Wildman–Crippen MR) is 82.2 cm³/mol. The lowest BCUT2D eigenvalue weighted by atomic mass is 9.86. The second-order valence-corrected chi connectivity index (χ2v) is 6.45. The van der Waals surface area contributed by atoms with Gasteiger partial charge in [0, 0.05) is 30.2 Å². The summed E-state index contributed by atoms with van der Waals surface area (Å²) in [6.45, 7) is 6.90. The summed E-state index contributed by atoms with van der Waals surface area (Å²) in [5.74, 6) is -0.224. The Hall–Kier alpha value is -1.88. The van der Waals surface area contributed by atoms with Crippen LogP contribution in [0.3, 0.4) is 0 Å². The zero-order valence-corrected chi connectivity index (χ0v) is 13.1. The fourth-order valence-corrected chi connectivity index (χ4v) is 2.06. The van der Waals surface area contributed by atoms with Crippen LogP contribution < -0.4 is 5.32 Å². The summed E-state index contributed by atoms with van der Waals surface area (Å²) >= 11 is 5.90. The van der Waals surface area contributed by atoms with E-state index in [1.54, 1.807) is 24.7 Å². The van der Waals surface area contributed by atoms with Crippen molar-refractivity contribution < 1.29 is 4.79 Å². The summed E-state index contributed by atoms with van der Waals surface area (Å²) < 4.78 is 1.95. The van der Waals surface area contributed by atoms with E-state index in [0.29, 0.717) is 17.3 Å². The zero-order valence-electron chi connectivity index (χ0n) is 12.4. The molecule has 2 rings (SSSR count). The van der Waals surface area contributed by atoms with Crippen LogP contribution in [0, 0.1) is 5.41 Å². The summed E-state index contributed by atoms with van der Waals surface area (Å²) in [6.07, 6.45) is 6.87. The van der Waals surface area contributed by atoms with Crippen LogP contribution in [0.25, 0.3) is 0 Å². The van der Waals surface area contributed by atoms with E-state index < -0.39 is 0 Å². The van der Waals surface area contributed by atoms with Crippen LogP contribution in [-0.4, -0.2) is 26.5 Å². The monoisotopic (exact) mass is 306 g/mol. The molecule has 2 heterocycles. The Morgan fingerprint density at radius 2 is 2.19 bits per heavy atom. The fraction of sp³-hybridized carbons (Fsp3) is 0.400. The van der Waals surface area contributed by atoms with Crippen molar-refractivity contribution >= 4 is 17.5 Å². The second kappa shape index (κ2) is 6.26. The lowest BCUT2D eigenvalue weighted by Crippen LogP contribution is -2.46. The molecule has 0 aliphatic heterocycles. The van der Waals surface area contributed by atoms with Crippen LogP contribution in [0.4, 0.5) is 0 Å². The van der Waals surface area contributed by atoms with Crippen LogP contribution in [0.1, 0.15) is 31.3 Å². The zero-order chi connectivity index (χ0) is 15.5. The van der Waals surface area contributed by atoms with Crippen molar-refractivity contribution in [2.75, 3.05) is 0 Å². The molecule has 0 aliphatic rings. The van der Waals surface area contributed by atoms with Crippen molar-refractivity contribution in [3.05, 3.63) is 47.8 Å². The van der Waals surface area contributed by atoms with Gasteiger partial charge in [-0.2, -0.15) is 0 Å². The van der Waals surface area contributed by atoms with Gasteiger partial charge in [-0.15, -0.1) is 0 Å². The molecule has 1 unspecified atom stereocenters. The van der Waals surface area contributed by atoms with E-state index in [-0.39, 0.29) is 17.4 Å². The van der Waals surface area contributed by atoms with Gasteiger partial charge in [0.15, 0.2) is 0 Å². The molecule has 0 aliphatic carbocycles. The van der Waals surface area contributed by atoms with Crippen molar-refractivity contribution in [3.8, 4) is 0 Å². The number of carbonyl (C=O) groups is 1. The highest BCUT2D eigenvalue weighted by Crippen LogP contribution is 2.21. The molecule has 112 valence electrons. The molecular formula is C15H19ClN4O. The number of aromatic nitrogens is 3. The maximum absolute atomic E-state index is 12.3. The molecule has 0 fully saturated rings. The van der Waals surface area contributed by atoms with Crippen molar-refractivity contribution in [1.82, 2.24) is 19.9 Å². The first-order valence-corrected chi connectivity index (χ1v) is 7.12. The normalized spacial score (nSPS) is 13.0. The van der Waals surface area contributed by atoms with Gasteiger partial charge in [0.05, 0.1) is 12.4 Å². The van der Waals surface area contributed by atoms with Gasteiger partial charge < -0.3 is 9.88 Å². The molecule has 1 atom stereocenters. The first kappa shape index (κ1) is 15.5. The van der Waals surface area contributed by atoms with Crippen LogP contribution in [0.2, 0.25) is 5.02 Å². The van der Waals surface area contributed by atoms with Crippen molar-refractivity contribution in [2.24, 2.45) is 5.41 Å². The first-order valence-electron chi connectivity index (χ1n) is 6.74. The average molecular weight is 307 g/mol. The first-order chi connectivity index (χ1) is 9.86. The third-order valence-corrected chi connectivity index (χ3v) is 3.49. The maximum Gasteiger partial charge on any atom is 0.270 e. The number of hydrogen-bond donors (Lipinski definition) is 1. The van der Waals surface area contributed by atoms with E-state index >= 15 is 0 Å². The molecule has 1 N–H and O–H groups in total. The van der Waals surface area contributed by atoms with Crippen molar-refractivity contribution in [3.63, 3.8) is 0 Å². The summed E-state index contributed by atoms with van der Waals surface area (Å²) in [5.41, 5.74) is 0.223. The topological polar surface area (TPSA) is 59.8 Å². The molecule has 5 nitrogen and oxygen atoms in total. The Morgan fingerprint density at radius 3 is 2.76 bits per heavy atom. The average Bonchev–Trinajstić information content (AvgIpc) is 2.89. The minimum absolute atomic E-state index is 0.0556. The number of nitrogens with zero attached hydrogens (tertiary/aromatic N) is 3. The van der Waals surface area contributed by atoms with Crippen molar-refractivity contribution in [1.29, 1.82) is 0 Å². The number of pyridine rings is 1. The molecule has 2 aromatic heterocycles. The molecule has 2 aromatic rings. The summed E-state index contributed by atoms with van der Waals surface area (Å²) in [5, 5.41) is 3.53. The molecular weight excluding hydrogens is 288 g/mol. The summed E-state index contributed by atoms with van der Waals surface area (Å²) in [7, 11) is 0. The van der Waals surface area contributed by atoms with Crippen LogP contribution in [0.5, 0.6) is 0 Å². The van der Waals surface area contributed by atoms with Crippen LogP contribution in [-0.2, 0) is 6.54 Å². The highest BCUT2D eigenvalue weighted by molar-refractivity contribution is 6.30. The number of imidazole rings is 1. The standard InChI is InChI=1S/C15H19ClN4O/c1-15(2,3)13(9-20-7-6-17-10-20)19-14(21)12-8-11(16)4-5-18-12/h4-8,10,13H,9H2,1-3H3,(H,19,21). The largest absolute Gasteiger partial charge is 0.346 e.